The Morgan fingerprint density at radius 2 is 0.347 bits per heavy atom. The van der Waals surface area contributed by atoms with Gasteiger partial charge in [-0.15, -0.1) is 0 Å². The van der Waals surface area contributed by atoms with Gasteiger partial charge in [-0.1, -0.05) is 413 Å². The number of ether oxygens (including phenoxy) is 6. The number of nitrogens with one attached hydrogen (secondary N) is 2. The van der Waals surface area contributed by atoms with Crippen molar-refractivity contribution in [1.82, 2.24) is 39.9 Å². The molecular formula is C104H162N8O6. The van der Waals surface area contributed by atoms with Crippen molar-refractivity contribution >= 4 is 44.1 Å². The van der Waals surface area contributed by atoms with Crippen LogP contribution in [-0.4, -0.2) is 79.5 Å². The smallest absolute Gasteiger partial charge is 0.164 e. The van der Waals surface area contributed by atoms with Crippen molar-refractivity contribution in [2.24, 2.45) is 0 Å². The van der Waals surface area contributed by atoms with E-state index in [4.69, 9.17) is 58.3 Å². The van der Waals surface area contributed by atoms with Crippen LogP contribution < -0.4 is 28.4 Å². The standard InChI is InChI=1S/C104H162N8O6/c1-7-13-19-25-31-37-43-49-55-63-71-113-91-77-85-87(79-93(91)115-73-65-57-51-45-39-33-27-21-15-9-3)101-108-99(85)106-97-83-69-61-62-70-84(83)98(105-97)107-100-86-78-92(114-72-64-56-50-44-38-32-26-20-14-8-2)94(116-74-66-58-52-46-40-34-28-22-16-10-4)80-88(86)102(109-100)111-104-90-82-96(118-76-68-60-54-48-42-36-30-24-18-12-6)95(81-89(90)103(110-101)112-104)117-75-67-59-53-47-41-35-29-23-17-11-5/h61-62,69-70,77-82H,7-60,63-68,71-76H2,1-6H3,(H2,105,106,107,108,109,110,111,112). The Kier molecular flexibility index (Phi) is 47.4. The van der Waals surface area contributed by atoms with Gasteiger partial charge < -0.3 is 38.4 Å². The van der Waals surface area contributed by atoms with E-state index in [-0.39, 0.29) is 0 Å². The molecule has 0 saturated heterocycles. The van der Waals surface area contributed by atoms with E-state index in [0.717, 1.165) is 121 Å². The highest BCUT2D eigenvalue weighted by molar-refractivity contribution is 6.07. The average Bonchev–Trinajstić information content (AvgIpc) is 1.59. The third-order valence-electron chi connectivity index (χ3n) is 24.5. The number of aromatic nitrogens is 8. The Labute approximate surface area is 715 Å². The number of unbranched alkanes of at least 4 members (excludes halogenated alkanes) is 54. The normalized spacial score (nSPS) is 11.8. The van der Waals surface area contributed by atoms with Gasteiger partial charge in [0.25, 0.3) is 0 Å². The molecule has 3 aromatic heterocycles. The van der Waals surface area contributed by atoms with E-state index in [1.165, 1.54) is 308 Å². The quantitative estimate of drug-likeness (QED) is 0.0347. The number of fused-ring (bicyclic) bond motifs is 20. The molecule has 2 aliphatic rings. The first-order valence-corrected chi connectivity index (χ1v) is 49.7. The summed E-state index contributed by atoms with van der Waals surface area (Å²) in [6.45, 7) is 17.3. The van der Waals surface area contributed by atoms with Gasteiger partial charge in [-0.2, -0.15) is 0 Å². The van der Waals surface area contributed by atoms with Crippen LogP contribution in [0.2, 0.25) is 0 Å². The molecule has 0 amide bonds. The predicted molar refractivity (Wildman–Crippen MR) is 500 cm³/mol. The Balaban J connectivity index is 1.15. The lowest BCUT2D eigenvalue weighted by atomic mass is 10.1. The molecule has 0 saturated carbocycles. The number of hydrogen-bond donors (Lipinski definition) is 2. The highest BCUT2D eigenvalue weighted by Crippen LogP contribution is 2.46. The van der Waals surface area contributed by atoms with E-state index in [2.05, 4.69) is 112 Å². The zero-order valence-electron chi connectivity index (χ0n) is 75.6. The molecule has 14 heteroatoms. The first kappa shape index (κ1) is 94.9. The molecule has 0 atom stereocenters. The van der Waals surface area contributed by atoms with Crippen molar-refractivity contribution < 1.29 is 28.4 Å². The van der Waals surface area contributed by atoms with Crippen molar-refractivity contribution in [2.75, 3.05) is 39.6 Å². The minimum Gasteiger partial charge on any atom is -0.490 e. The molecule has 9 rings (SSSR count). The minimum atomic E-state index is 0.504. The summed E-state index contributed by atoms with van der Waals surface area (Å²) in [6, 6.07) is 21.1. The second-order valence-electron chi connectivity index (χ2n) is 34.9. The molecule has 0 aliphatic carbocycles. The molecule has 2 aliphatic heterocycles. The molecule has 654 valence electrons. The molecule has 0 spiro atoms. The Morgan fingerprint density at radius 1 is 0.186 bits per heavy atom. The summed E-state index contributed by atoms with van der Waals surface area (Å²) in [5.41, 5.74) is 5.70. The lowest BCUT2D eigenvalue weighted by molar-refractivity contribution is 0.258. The molecule has 118 heavy (non-hydrogen) atoms. The Hall–Kier alpha value is -6.96. The second kappa shape index (κ2) is 58.9. The fourth-order valence-corrected chi connectivity index (χ4v) is 17.1. The number of rotatable bonds is 72. The predicted octanol–water partition coefficient (Wildman–Crippen LogP) is 32.7. The minimum absolute atomic E-state index is 0.504. The highest BCUT2D eigenvalue weighted by atomic mass is 16.5. The topological polar surface area (TPSA) is 164 Å². The summed E-state index contributed by atoms with van der Waals surface area (Å²) in [7, 11) is 0. The van der Waals surface area contributed by atoms with Gasteiger partial charge in [0.05, 0.1) is 39.6 Å². The zero-order chi connectivity index (χ0) is 82.3. The maximum Gasteiger partial charge on any atom is 0.164 e. The summed E-state index contributed by atoms with van der Waals surface area (Å²) in [4.78, 5) is 41.1. The van der Waals surface area contributed by atoms with Gasteiger partial charge in [-0.25, -0.2) is 29.9 Å². The van der Waals surface area contributed by atoms with Crippen molar-refractivity contribution in [2.45, 2.75) is 427 Å². The SMILES string of the molecule is CCCCCCCCCCCCOc1cc2c(cc1OCCCCCCCCCCCC)-c1nc-2nc2[nH]c(nc3nc(nc4[nH]c(n1)c1cc(OCCCCCCCCCCCC)c(OCCCCCCCCCCCC)cc41)-c1cc(OCCCCCCCCCCCC)c(OCCCCCCCCCCCC)cc1-3)c1ccccc21. The number of aromatic amines is 2. The zero-order valence-corrected chi connectivity index (χ0v) is 75.6. The fourth-order valence-electron chi connectivity index (χ4n) is 17.1. The monoisotopic (exact) mass is 1620 g/mol. The largest absolute Gasteiger partial charge is 0.490 e. The Morgan fingerprint density at radius 3 is 0.534 bits per heavy atom. The van der Waals surface area contributed by atoms with Gasteiger partial charge in [0.2, 0.25) is 0 Å². The molecule has 5 heterocycles. The summed E-state index contributed by atoms with van der Waals surface area (Å²) >= 11 is 0. The van der Waals surface area contributed by atoms with E-state index in [1.54, 1.807) is 0 Å². The fraction of sp³-hybridized carbons (Fsp3) is 0.692. The van der Waals surface area contributed by atoms with Gasteiger partial charge in [-0.05, 0) is 74.9 Å². The third-order valence-corrected chi connectivity index (χ3v) is 24.5. The Bertz CT molecular complexity index is 3780. The summed E-state index contributed by atoms with van der Waals surface area (Å²) < 4.78 is 41.7. The highest BCUT2D eigenvalue weighted by Gasteiger charge is 2.28. The first-order valence-electron chi connectivity index (χ1n) is 49.7. The maximum atomic E-state index is 6.99. The molecule has 0 unspecified atom stereocenters. The van der Waals surface area contributed by atoms with Crippen LogP contribution in [0.3, 0.4) is 0 Å². The molecule has 14 nitrogen and oxygen atoms in total. The van der Waals surface area contributed by atoms with Crippen LogP contribution >= 0.6 is 0 Å². The average molecular weight is 1620 g/mol. The van der Waals surface area contributed by atoms with Crippen molar-refractivity contribution in [3.05, 3.63) is 60.7 Å². The van der Waals surface area contributed by atoms with Crippen LogP contribution in [0.25, 0.3) is 89.7 Å². The van der Waals surface area contributed by atoms with Gasteiger partial charge in [0, 0.05) is 43.8 Å². The van der Waals surface area contributed by atoms with Crippen molar-refractivity contribution in [3.63, 3.8) is 0 Å². The molecule has 7 aromatic rings. The van der Waals surface area contributed by atoms with E-state index in [1.807, 2.05) is 0 Å². The lowest BCUT2D eigenvalue weighted by Gasteiger charge is -2.15. The molecule has 0 radical (unpaired) electrons. The van der Waals surface area contributed by atoms with Crippen LogP contribution in [-0.2, 0) is 0 Å². The van der Waals surface area contributed by atoms with E-state index < -0.39 is 0 Å². The van der Waals surface area contributed by atoms with E-state index in [0.29, 0.717) is 120 Å². The van der Waals surface area contributed by atoms with Crippen LogP contribution in [0.15, 0.2) is 60.7 Å². The summed E-state index contributed by atoms with van der Waals surface area (Å²) in [5, 5.41) is 3.49. The van der Waals surface area contributed by atoms with Gasteiger partial charge >= 0.3 is 0 Å². The van der Waals surface area contributed by atoms with Crippen LogP contribution in [0, 0.1) is 0 Å². The van der Waals surface area contributed by atoms with Crippen molar-refractivity contribution in [1.29, 1.82) is 0 Å². The summed E-state index contributed by atoms with van der Waals surface area (Å²) in [6.07, 6.45) is 75.1. The molecule has 0 fully saturated rings. The first-order chi connectivity index (χ1) is 58.4. The van der Waals surface area contributed by atoms with Crippen LogP contribution in [0.5, 0.6) is 34.5 Å². The second-order valence-corrected chi connectivity index (χ2v) is 34.9. The van der Waals surface area contributed by atoms with E-state index >= 15 is 0 Å². The third kappa shape index (κ3) is 33.8. The molecular weight excluding hydrogens is 1460 g/mol. The number of benzene rings is 4. The maximum absolute atomic E-state index is 6.99. The molecule has 4 aromatic carbocycles. The molecule has 2 N–H and O–H groups in total. The summed E-state index contributed by atoms with van der Waals surface area (Å²) in [5.74, 6) is 6.25. The van der Waals surface area contributed by atoms with Gasteiger partial charge in [0.15, 0.2) is 57.8 Å². The molecule has 8 bridgehead atoms. The van der Waals surface area contributed by atoms with E-state index in [9.17, 15) is 0 Å². The van der Waals surface area contributed by atoms with Crippen LogP contribution in [0.1, 0.15) is 427 Å². The van der Waals surface area contributed by atoms with Gasteiger partial charge in [0.1, 0.15) is 22.6 Å². The van der Waals surface area contributed by atoms with Crippen molar-refractivity contribution in [3.8, 4) is 80.0 Å². The number of nitrogens with zero attached hydrogens (tertiary/aromatic N) is 6. The number of hydrogen-bond acceptors (Lipinski definition) is 12. The van der Waals surface area contributed by atoms with Crippen LogP contribution in [0.4, 0.5) is 0 Å². The van der Waals surface area contributed by atoms with Gasteiger partial charge in [-0.3, -0.25) is 0 Å². The number of H-pyrrole nitrogens is 2. The lowest BCUT2D eigenvalue weighted by Crippen LogP contribution is -2.03.